The van der Waals surface area contributed by atoms with Gasteiger partial charge in [-0.1, -0.05) is 13.8 Å². The first-order valence-corrected chi connectivity index (χ1v) is 3.84. The molecule has 0 saturated carbocycles. The number of aliphatic carboxylic acids is 1. The molecule has 0 aromatic heterocycles. The number of likely N-dealkylation sites (N-methyl/N-ethyl adjacent to an activating group) is 1. The third-order valence-electron chi connectivity index (χ3n) is 1.60. The monoisotopic (exact) mass is 195 g/mol. The molecule has 1 atom stereocenters. The van der Waals surface area contributed by atoms with Crippen molar-refractivity contribution in [2.45, 2.75) is 26.3 Å². The number of rotatable bonds is 4. The van der Waals surface area contributed by atoms with E-state index in [0.29, 0.717) is 12.3 Å². The molecular formula is C8H18ClNO2. The second kappa shape index (κ2) is 6.26. The Morgan fingerprint density at radius 1 is 1.42 bits per heavy atom. The zero-order valence-corrected chi connectivity index (χ0v) is 8.89. The molecule has 0 heterocycles. The van der Waals surface area contributed by atoms with E-state index in [0.717, 1.165) is 0 Å². The first-order valence-electron chi connectivity index (χ1n) is 3.84. The van der Waals surface area contributed by atoms with E-state index in [-0.39, 0.29) is 18.4 Å². The van der Waals surface area contributed by atoms with Crippen molar-refractivity contribution in [2.75, 3.05) is 14.1 Å². The number of hydrogen-bond acceptors (Lipinski definition) is 2. The molecule has 4 heteroatoms. The molecule has 0 fully saturated rings. The van der Waals surface area contributed by atoms with Crippen LogP contribution in [0.3, 0.4) is 0 Å². The molecule has 0 aliphatic heterocycles. The van der Waals surface area contributed by atoms with Gasteiger partial charge in [0.1, 0.15) is 6.04 Å². The molecule has 0 aliphatic rings. The number of carboxylic acid groups (broad SMARTS) is 1. The minimum Gasteiger partial charge on any atom is -0.480 e. The fourth-order valence-electron chi connectivity index (χ4n) is 0.979. The quantitative estimate of drug-likeness (QED) is 0.739. The molecule has 0 radical (unpaired) electrons. The highest BCUT2D eigenvalue weighted by molar-refractivity contribution is 5.85. The number of hydrogen-bond donors (Lipinski definition) is 1. The summed E-state index contributed by atoms with van der Waals surface area (Å²) in [5.41, 5.74) is 0. The second-order valence-corrected chi connectivity index (χ2v) is 3.45. The summed E-state index contributed by atoms with van der Waals surface area (Å²) >= 11 is 0. The van der Waals surface area contributed by atoms with E-state index in [2.05, 4.69) is 0 Å². The first-order chi connectivity index (χ1) is 4.95. The first kappa shape index (κ1) is 14.3. The number of carboxylic acids is 1. The van der Waals surface area contributed by atoms with Gasteiger partial charge in [-0.25, -0.2) is 0 Å². The summed E-state index contributed by atoms with van der Waals surface area (Å²) in [5.74, 6) is -0.304. The third-order valence-corrected chi connectivity index (χ3v) is 1.60. The van der Waals surface area contributed by atoms with Gasteiger partial charge < -0.3 is 5.11 Å². The maximum atomic E-state index is 10.6. The van der Waals surface area contributed by atoms with Gasteiger partial charge in [0, 0.05) is 0 Å². The summed E-state index contributed by atoms with van der Waals surface area (Å²) in [4.78, 5) is 12.4. The molecule has 0 saturated heterocycles. The lowest BCUT2D eigenvalue weighted by atomic mass is 10.0. The van der Waals surface area contributed by atoms with Crippen LogP contribution in [0.1, 0.15) is 20.3 Å². The molecule has 0 rings (SSSR count). The van der Waals surface area contributed by atoms with Gasteiger partial charge in [-0.15, -0.1) is 12.4 Å². The van der Waals surface area contributed by atoms with E-state index in [9.17, 15) is 4.79 Å². The van der Waals surface area contributed by atoms with Crippen LogP contribution >= 0.6 is 12.4 Å². The summed E-state index contributed by atoms with van der Waals surface area (Å²) in [6.45, 7) is 4.05. The Morgan fingerprint density at radius 2 is 1.83 bits per heavy atom. The maximum Gasteiger partial charge on any atom is 0.320 e. The Kier molecular flexibility index (Phi) is 7.44. The van der Waals surface area contributed by atoms with Gasteiger partial charge in [0.05, 0.1) is 0 Å². The second-order valence-electron chi connectivity index (χ2n) is 3.45. The average molecular weight is 196 g/mol. The maximum absolute atomic E-state index is 10.6. The SMILES string of the molecule is CC(C)C[C@H](C(=O)O)N(C)C.Cl. The summed E-state index contributed by atoms with van der Waals surface area (Å²) in [6.07, 6.45) is 0.711. The van der Waals surface area contributed by atoms with Crippen LogP contribution in [0.2, 0.25) is 0 Å². The van der Waals surface area contributed by atoms with E-state index in [1.165, 1.54) is 0 Å². The summed E-state index contributed by atoms with van der Waals surface area (Å²) in [6, 6.07) is -0.338. The molecule has 0 amide bonds. The van der Waals surface area contributed by atoms with Gasteiger partial charge in [-0.05, 0) is 26.4 Å². The van der Waals surface area contributed by atoms with E-state index in [1.807, 2.05) is 13.8 Å². The van der Waals surface area contributed by atoms with Crippen molar-refractivity contribution in [3.05, 3.63) is 0 Å². The van der Waals surface area contributed by atoms with Crippen LogP contribution in [0.5, 0.6) is 0 Å². The van der Waals surface area contributed by atoms with Gasteiger partial charge >= 0.3 is 5.97 Å². The molecule has 1 N–H and O–H groups in total. The standard InChI is InChI=1S/C8H17NO2.ClH/c1-6(2)5-7(8(10)11)9(3)4;/h6-7H,5H2,1-4H3,(H,10,11);1H/t7-;/m1./s1. The van der Waals surface area contributed by atoms with E-state index < -0.39 is 5.97 Å². The third kappa shape index (κ3) is 5.38. The number of halogens is 1. The fourth-order valence-corrected chi connectivity index (χ4v) is 0.979. The van der Waals surface area contributed by atoms with E-state index in [1.54, 1.807) is 19.0 Å². The smallest absolute Gasteiger partial charge is 0.320 e. The van der Waals surface area contributed by atoms with Crippen molar-refractivity contribution < 1.29 is 9.90 Å². The normalized spacial score (nSPS) is 12.8. The molecular weight excluding hydrogens is 178 g/mol. The van der Waals surface area contributed by atoms with Crippen molar-refractivity contribution in [3.63, 3.8) is 0 Å². The Labute approximate surface area is 80.2 Å². The highest BCUT2D eigenvalue weighted by atomic mass is 35.5. The Bertz CT molecular complexity index is 137. The highest BCUT2D eigenvalue weighted by Gasteiger charge is 2.20. The highest BCUT2D eigenvalue weighted by Crippen LogP contribution is 2.08. The summed E-state index contributed by atoms with van der Waals surface area (Å²) < 4.78 is 0. The molecule has 0 bridgehead atoms. The number of carbonyl (C=O) groups is 1. The lowest BCUT2D eigenvalue weighted by Gasteiger charge is -2.21. The number of nitrogens with zero attached hydrogens (tertiary/aromatic N) is 1. The fraction of sp³-hybridized carbons (Fsp3) is 0.875. The zero-order chi connectivity index (χ0) is 9.02. The van der Waals surface area contributed by atoms with Gasteiger partial charge in [0.25, 0.3) is 0 Å². The van der Waals surface area contributed by atoms with Crippen molar-refractivity contribution >= 4 is 18.4 Å². The minimum absolute atomic E-state index is 0. The predicted molar refractivity (Wildman–Crippen MR) is 51.8 cm³/mol. The molecule has 0 aliphatic carbocycles. The molecule has 0 unspecified atom stereocenters. The summed E-state index contributed by atoms with van der Waals surface area (Å²) in [5, 5.41) is 8.75. The van der Waals surface area contributed by atoms with Gasteiger partial charge in [-0.3, -0.25) is 9.69 Å². The zero-order valence-electron chi connectivity index (χ0n) is 8.07. The van der Waals surface area contributed by atoms with Crippen LogP contribution in [0.25, 0.3) is 0 Å². The van der Waals surface area contributed by atoms with Crippen molar-refractivity contribution in [1.29, 1.82) is 0 Å². The molecule has 74 valence electrons. The molecule has 0 aromatic carbocycles. The topological polar surface area (TPSA) is 40.5 Å². The van der Waals surface area contributed by atoms with E-state index in [4.69, 9.17) is 5.11 Å². The van der Waals surface area contributed by atoms with Crippen LogP contribution in [-0.4, -0.2) is 36.1 Å². The van der Waals surface area contributed by atoms with Crippen LogP contribution in [-0.2, 0) is 4.79 Å². The van der Waals surface area contributed by atoms with Crippen LogP contribution in [0.15, 0.2) is 0 Å². The Hall–Kier alpha value is -0.280. The molecule has 0 aromatic rings. The molecule has 12 heavy (non-hydrogen) atoms. The van der Waals surface area contributed by atoms with E-state index >= 15 is 0 Å². The van der Waals surface area contributed by atoms with Gasteiger partial charge in [0.2, 0.25) is 0 Å². The lowest BCUT2D eigenvalue weighted by Crippen LogP contribution is -2.36. The van der Waals surface area contributed by atoms with Crippen molar-refractivity contribution in [3.8, 4) is 0 Å². The molecule has 0 spiro atoms. The summed E-state index contributed by atoms with van der Waals surface area (Å²) in [7, 11) is 3.59. The minimum atomic E-state index is -0.733. The molecule has 3 nitrogen and oxygen atoms in total. The average Bonchev–Trinajstić information content (AvgIpc) is 1.81. The van der Waals surface area contributed by atoms with Crippen LogP contribution < -0.4 is 0 Å². The van der Waals surface area contributed by atoms with Gasteiger partial charge in [0.15, 0.2) is 0 Å². The van der Waals surface area contributed by atoms with Gasteiger partial charge in [-0.2, -0.15) is 0 Å². The van der Waals surface area contributed by atoms with Crippen molar-refractivity contribution in [2.24, 2.45) is 5.92 Å². The predicted octanol–water partition coefficient (Wildman–Crippen LogP) is 1.47. The Morgan fingerprint density at radius 3 is 1.92 bits per heavy atom. The Balaban J connectivity index is 0. The largest absolute Gasteiger partial charge is 0.480 e. The lowest BCUT2D eigenvalue weighted by molar-refractivity contribution is -0.142. The van der Waals surface area contributed by atoms with Crippen LogP contribution in [0.4, 0.5) is 0 Å². The van der Waals surface area contributed by atoms with Crippen molar-refractivity contribution in [1.82, 2.24) is 4.90 Å². The van der Waals surface area contributed by atoms with Crippen LogP contribution in [0, 0.1) is 5.92 Å².